The molecular weight excluding hydrogens is 242 g/mol. The molecule has 0 amide bonds. The molecule has 0 unspecified atom stereocenters. The van der Waals surface area contributed by atoms with Gasteiger partial charge in [0.05, 0.1) is 0 Å². The number of aromatic nitrogens is 2. The minimum Gasteiger partial charge on any atom is -0.356 e. The van der Waals surface area contributed by atoms with Crippen LogP contribution in [0.25, 0.3) is 0 Å². The molecule has 1 fully saturated rings. The Morgan fingerprint density at radius 1 is 1.36 bits per heavy atom. The first kappa shape index (κ1) is 9.90. The second-order valence-corrected chi connectivity index (χ2v) is 4.71. The molecule has 1 aliphatic rings. The van der Waals surface area contributed by atoms with E-state index in [0.29, 0.717) is 5.92 Å². The van der Waals surface area contributed by atoms with Gasteiger partial charge >= 0.3 is 0 Å². The average Bonchev–Trinajstić information content (AvgIpc) is 1.99. The minimum atomic E-state index is 0.382. The van der Waals surface area contributed by atoms with E-state index in [-0.39, 0.29) is 0 Å². The third-order valence-electron chi connectivity index (χ3n) is 2.40. The third kappa shape index (κ3) is 1.90. The van der Waals surface area contributed by atoms with Gasteiger partial charge in [-0.05, 0) is 22.4 Å². The molecule has 3 nitrogen and oxygen atoms in total. The summed E-state index contributed by atoms with van der Waals surface area (Å²) in [4.78, 5) is 11.2. The first-order valence-electron chi connectivity index (χ1n) is 4.96. The maximum atomic E-state index is 4.54. The molecule has 2 heterocycles. The molecule has 0 saturated carbocycles. The van der Waals surface area contributed by atoms with Gasteiger partial charge in [-0.2, -0.15) is 0 Å². The topological polar surface area (TPSA) is 29.0 Å². The summed E-state index contributed by atoms with van der Waals surface area (Å²) in [6.07, 6.45) is 1.28. The predicted molar refractivity (Wildman–Crippen MR) is 60.7 cm³/mol. The fourth-order valence-corrected chi connectivity index (χ4v) is 1.77. The van der Waals surface area contributed by atoms with Crippen LogP contribution >= 0.6 is 15.9 Å². The summed E-state index contributed by atoms with van der Waals surface area (Å²) in [5.74, 6) is 2.36. The van der Waals surface area contributed by atoms with E-state index < -0.39 is 0 Å². The highest BCUT2D eigenvalue weighted by Gasteiger charge is 2.17. The van der Waals surface area contributed by atoms with Crippen molar-refractivity contribution in [2.75, 3.05) is 18.0 Å². The molecule has 2 rings (SSSR count). The summed E-state index contributed by atoms with van der Waals surface area (Å²) in [5.41, 5.74) is 0. The first-order valence-corrected chi connectivity index (χ1v) is 5.75. The summed E-state index contributed by atoms with van der Waals surface area (Å²) in [6.45, 7) is 6.48. The van der Waals surface area contributed by atoms with Crippen LogP contribution < -0.4 is 4.90 Å². The summed E-state index contributed by atoms with van der Waals surface area (Å²) in [7, 11) is 0. The predicted octanol–water partition coefficient (Wildman–Crippen LogP) is 2.57. The number of anilines is 1. The SMILES string of the molecule is CC(C)c1nc(Br)cc(N2CCC2)n1. The lowest BCUT2D eigenvalue weighted by Gasteiger charge is -2.32. The Balaban J connectivity index is 2.30. The van der Waals surface area contributed by atoms with E-state index in [9.17, 15) is 0 Å². The molecule has 0 N–H and O–H groups in total. The van der Waals surface area contributed by atoms with Gasteiger partial charge in [-0.15, -0.1) is 0 Å². The van der Waals surface area contributed by atoms with Crippen LogP contribution in [-0.2, 0) is 0 Å². The zero-order valence-electron chi connectivity index (χ0n) is 8.50. The Bertz CT molecular complexity index is 334. The molecule has 0 atom stereocenters. The van der Waals surface area contributed by atoms with Crippen molar-refractivity contribution in [1.29, 1.82) is 0 Å². The monoisotopic (exact) mass is 255 g/mol. The summed E-state index contributed by atoms with van der Waals surface area (Å²) >= 11 is 3.43. The Morgan fingerprint density at radius 3 is 2.57 bits per heavy atom. The van der Waals surface area contributed by atoms with Gasteiger partial charge in [0.25, 0.3) is 0 Å². The normalized spacial score (nSPS) is 15.9. The number of nitrogens with zero attached hydrogens (tertiary/aromatic N) is 3. The van der Waals surface area contributed by atoms with Crippen molar-refractivity contribution in [2.24, 2.45) is 0 Å². The molecule has 1 aromatic rings. The molecule has 0 aromatic carbocycles. The van der Waals surface area contributed by atoms with Gasteiger partial charge in [-0.3, -0.25) is 0 Å². The average molecular weight is 256 g/mol. The maximum Gasteiger partial charge on any atom is 0.134 e. The van der Waals surface area contributed by atoms with Crippen molar-refractivity contribution in [3.63, 3.8) is 0 Å². The quantitative estimate of drug-likeness (QED) is 0.761. The molecule has 1 aliphatic heterocycles. The van der Waals surface area contributed by atoms with Gasteiger partial charge < -0.3 is 4.90 Å². The van der Waals surface area contributed by atoms with Gasteiger partial charge in [0.1, 0.15) is 16.2 Å². The summed E-state index contributed by atoms with van der Waals surface area (Å²) < 4.78 is 0.887. The molecule has 4 heteroatoms. The number of hydrogen-bond donors (Lipinski definition) is 0. The molecule has 0 bridgehead atoms. The minimum absolute atomic E-state index is 0.382. The Morgan fingerprint density at radius 2 is 2.07 bits per heavy atom. The highest BCUT2D eigenvalue weighted by Crippen LogP contribution is 2.23. The van der Waals surface area contributed by atoms with Crippen LogP contribution in [0.2, 0.25) is 0 Å². The standard InChI is InChI=1S/C10H14BrN3/c1-7(2)10-12-8(11)6-9(13-10)14-4-3-5-14/h6-7H,3-5H2,1-2H3. The maximum absolute atomic E-state index is 4.54. The zero-order valence-corrected chi connectivity index (χ0v) is 10.1. The van der Waals surface area contributed by atoms with E-state index in [1.54, 1.807) is 0 Å². The van der Waals surface area contributed by atoms with Crippen LogP contribution in [0.4, 0.5) is 5.82 Å². The van der Waals surface area contributed by atoms with E-state index in [2.05, 4.69) is 44.6 Å². The Labute approximate surface area is 92.7 Å². The van der Waals surface area contributed by atoms with Crippen molar-refractivity contribution in [2.45, 2.75) is 26.2 Å². The van der Waals surface area contributed by atoms with Gasteiger partial charge in [-0.1, -0.05) is 13.8 Å². The van der Waals surface area contributed by atoms with E-state index in [1.807, 2.05) is 6.07 Å². The van der Waals surface area contributed by atoms with Crippen LogP contribution in [0.15, 0.2) is 10.7 Å². The highest BCUT2D eigenvalue weighted by atomic mass is 79.9. The first-order chi connectivity index (χ1) is 6.66. The lowest BCUT2D eigenvalue weighted by molar-refractivity contribution is 0.603. The molecule has 0 radical (unpaired) electrons. The van der Waals surface area contributed by atoms with Crippen molar-refractivity contribution >= 4 is 21.7 Å². The lowest BCUT2D eigenvalue weighted by Crippen LogP contribution is -2.37. The number of rotatable bonds is 2. The lowest BCUT2D eigenvalue weighted by atomic mass is 10.2. The fourth-order valence-electron chi connectivity index (χ4n) is 1.39. The summed E-state index contributed by atoms with van der Waals surface area (Å²) in [6, 6.07) is 1.99. The van der Waals surface area contributed by atoms with Crippen LogP contribution in [0.5, 0.6) is 0 Å². The van der Waals surface area contributed by atoms with Crippen molar-refractivity contribution < 1.29 is 0 Å². The summed E-state index contributed by atoms with van der Waals surface area (Å²) in [5, 5.41) is 0. The molecule has 0 aliphatic carbocycles. The van der Waals surface area contributed by atoms with Crippen molar-refractivity contribution in [3.8, 4) is 0 Å². The smallest absolute Gasteiger partial charge is 0.134 e. The second-order valence-electron chi connectivity index (χ2n) is 3.90. The fraction of sp³-hybridized carbons (Fsp3) is 0.600. The van der Waals surface area contributed by atoms with E-state index >= 15 is 0 Å². The second kappa shape index (κ2) is 3.85. The van der Waals surface area contributed by atoms with Crippen molar-refractivity contribution in [1.82, 2.24) is 9.97 Å². The third-order valence-corrected chi connectivity index (χ3v) is 2.80. The van der Waals surface area contributed by atoms with Gasteiger partial charge in [-0.25, -0.2) is 9.97 Å². The van der Waals surface area contributed by atoms with E-state index in [0.717, 1.165) is 29.3 Å². The molecule has 0 spiro atoms. The number of halogens is 1. The van der Waals surface area contributed by atoms with Crippen LogP contribution in [0.3, 0.4) is 0 Å². The highest BCUT2D eigenvalue weighted by molar-refractivity contribution is 9.10. The molecule has 1 aromatic heterocycles. The van der Waals surface area contributed by atoms with E-state index in [1.165, 1.54) is 6.42 Å². The van der Waals surface area contributed by atoms with Crippen LogP contribution in [0, 0.1) is 0 Å². The Hall–Kier alpha value is -0.640. The molecule has 14 heavy (non-hydrogen) atoms. The largest absolute Gasteiger partial charge is 0.356 e. The molecule has 76 valence electrons. The Kier molecular flexibility index (Phi) is 2.72. The van der Waals surface area contributed by atoms with Crippen molar-refractivity contribution in [3.05, 3.63) is 16.5 Å². The molecule has 1 saturated heterocycles. The van der Waals surface area contributed by atoms with Gasteiger partial charge in [0, 0.05) is 25.1 Å². The van der Waals surface area contributed by atoms with Crippen LogP contribution in [0.1, 0.15) is 32.0 Å². The number of hydrogen-bond acceptors (Lipinski definition) is 3. The van der Waals surface area contributed by atoms with Crippen LogP contribution in [-0.4, -0.2) is 23.1 Å². The van der Waals surface area contributed by atoms with Gasteiger partial charge in [0.15, 0.2) is 0 Å². The van der Waals surface area contributed by atoms with Gasteiger partial charge in [0.2, 0.25) is 0 Å². The van der Waals surface area contributed by atoms with E-state index in [4.69, 9.17) is 0 Å². The molecular formula is C10H14BrN3. The zero-order chi connectivity index (χ0) is 10.1.